The van der Waals surface area contributed by atoms with Gasteiger partial charge in [-0.1, -0.05) is 38.1 Å². The fourth-order valence-electron chi connectivity index (χ4n) is 1.77. The Morgan fingerprint density at radius 1 is 1.10 bits per heavy atom. The van der Waals surface area contributed by atoms with E-state index in [2.05, 4.69) is 31.3 Å². The van der Waals surface area contributed by atoms with E-state index in [0.717, 1.165) is 17.3 Å². The van der Waals surface area contributed by atoms with Crippen LogP contribution < -0.4 is 5.32 Å². The van der Waals surface area contributed by atoms with Gasteiger partial charge in [-0.15, -0.1) is 11.8 Å². The van der Waals surface area contributed by atoms with E-state index in [0.29, 0.717) is 5.92 Å². The zero-order chi connectivity index (χ0) is 15.1. The number of thioether (sulfide) groups is 1. The Bertz CT molecular complexity index is 457. The molecular formula is C15H21NO3S. The molecule has 0 heterocycles. The summed E-state index contributed by atoms with van der Waals surface area (Å²) in [7, 11) is 0. The Labute approximate surface area is 124 Å². The molecule has 0 radical (unpaired) electrons. The summed E-state index contributed by atoms with van der Waals surface area (Å²) in [6, 6.07) is 8.10. The number of hydrogen-bond acceptors (Lipinski definition) is 3. The quantitative estimate of drug-likeness (QED) is 0.812. The van der Waals surface area contributed by atoms with Gasteiger partial charge in [0.1, 0.15) is 0 Å². The smallest absolute Gasteiger partial charge is 0.313 e. The summed E-state index contributed by atoms with van der Waals surface area (Å²) in [4.78, 5) is 22.0. The van der Waals surface area contributed by atoms with Gasteiger partial charge in [0, 0.05) is 0 Å². The molecule has 1 unspecified atom stereocenters. The van der Waals surface area contributed by atoms with Crippen molar-refractivity contribution in [1.29, 1.82) is 0 Å². The first-order valence-corrected chi connectivity index (χ1v) is 7.74. The van der Waals surface area contributed by atoms with Crippen LogP contribution in [0.4, 0.5) is 0 Å². The van der Waals surface area contributed by atoms with Crippen LogP contribution in [0.25, 0.3) is 0 Å². The molecule has 1 amide bonds. The number of carbonyl (C=O) groups is 2. The maximum atomic E-state index is 11.7. The van der Waals surface area contributed by atoms with Crippen molar-refractivity contribution in [3.8, 4) is 0 Å². The second-order valence-corrected chi connectivity index (χ2v) is 5.98. The lowest BCUT2D eigenvalue weighted by Gasteiger charge is -2.15. The molecule has 1 rings (SSSR count). The number of carbonyl (C=O) groups excluding carboxylic acids is 1. The summed E-state index contributed by atoms with van der Waals surface area (Å²) in [5.74, 6) is -0.441. The molecule has 4 nitrogen and oxygen atoms in total. The lowest BCUT2D eigenvalue weighted by Crippen LogP contribution is -2.28. The van der Waals surface area contributed by atoms with Crippen LogP contribution in [-0.4, -0.2) is 28.5 Å². The summed E-state index contributed by atoms with van der Waals surface area (Å²) in [5, 5.41) is 11.4. The van der Waals surface area contributed by atoms with E-state index in [4.69, 9.17) is 5.11 Å². The third-order valence-electron chi connectivity index (χ3n) is 2.94. The molecular weight excluding hydrogens is 274 g/mol. The predicted octanol–water partition coefficient (Wildman–Crippen LogP) is 2.81. The maximum absolute atomic E-state index is 11.7. The average molecular weight is 295 g/mol. The summed E-state index contributed by atoms with van der Waals surface area (Å²) in [5.41, 5.74) is 2.32. The Balaban J connectivity index is 2.47. The van der Waals surface area contributed by atoms with Crippen molar-refractivity contribution in [3.63, 3.8) is 0 Å². The second kappa shape index (κ2) is 7.94. The minimum atomic E-state index is -0.903. The van der Waals surface area contributed by atoms with Crippen molar-refractivity contribution in [2.75, 3.05) is 11.5 Å². The molecule has 20 heavy (non-hydrogen) atoms. The predicted molar refractivity (Wildman–Crippen MR) is 82.0 cm³/mol. The monoisotopic (exact) mass is 295 g/mol. The first-order chi connectivity index (χ1) is 9.40. The SMILES string of the molecule is CC(C)c1ccc(C(C)NC(=O)CSCC(=O)O)cc1. The molecule has 0 aliphatic rings. The van der Waals surface area contributed by atoms with Gasteiger partial charge in [0.25, 0.3) is 0 Å². The van der Waals surface area contributed by atoms with Gasteiger partial charge in [0.15, 0.2) is 0 Å². The van der Waals surface area contributed by atoms with E-state index in [1.54, 1.807) is 0 Å². The Morgan fingerprint density at radius 2 is 1.65 bits per heavy atom. The zero-order valence-corrected chi connectivity index (χ0v) is 12.9. The van der Waals surface area contributed by atoms with Crippen LogP contribution in [0.1, 0.15) is 43.9 Å². The highest BCUT2D eigenvalue weighted by Crippen LogP contribution is 2.18. The van der Waals surface area contributed by atoms with E-state index in [1.165, 1.54) is 5.56 Å². The minimum absolute atomic E-state index is 0.0507. The summed E-state index contributed by atoms with van der Waals surface area (Å²) >= 11 is 1.10. The lowest BCUT2D eigenvalue weighted by atomic mass is 10.00. The second-order valence-electron chi connectivity index (χ2n) is 5.00. The maximum Gasteiger partial charge on any atom is 0.313 e. The van der Waals surface area contributed by atoms with Gasteiger partial charge >= 0.3 is 5.97 Å². The normalized spacial score (nSPS) is 12.2. The molecule has 2 N–H and O–H groups in total. The number of carboxylic acid groups (broad SMARTS) is 1. The van der Waals surface area contributed by atoms with Gasteiger partial charge in [-0.25, -0.2) is 0 Å². The van der Waals surface area contributed by atoms with Crippen LogP contribution in [0.2, 0.25) is 0 Å². The molecule has 0 aliphatic carbocycles. The highest BCUT2D eigenvalue weighted by Gasteiger charge is 2.10. The van der Waals surface area contributed by atoms with E-state index in [9.17, 15) is 9.59 Å². The van der Waals surface area contributed by atoms with Gasteiger partial charge in [-0.3, -0.25) is 9.59 Å². The molecule has 0 aromatic heterocycles. The number of aliphatic carboxylic acids is 1. The highest BCUT2D eigenvalue weighted by atomic mass is 32.2. The number of amides is 1. The van der Waals surface area contributed by atoms with Crippen molar-refractivity contribution in [2.45, 2.75) is 32.7 Å². The Hall–Kier alpha value is -1.49. The van der Waals surface area contributed by atoms with Crippen molar-refractivity contribution in [3.05, 3.63) is 35.4 Å². The van der Waals surface area contributed by atoms with E-state index >= 15 is 0 Å². The molecule has 0 fully saturated rings. The molecule has 0 saturated carbocycles. The van der Waals surface area contributed by atoms with Crippen molar-refractivity contribution >= 4 is 23.6 Å². The van der Waals surface area contributed by atoms with Crippen LogP contribution in [0.15, 0.2) is 24.3 Å². The third-order valence-corrected chi connectivity index (χ3v) is 3.86. The van der Waals surface area contributed by atoms with Gasteiger partial charge in [0.05, 0.1) is 17.5 Å². The van der Waals surface area contributed by atoms with Crippen molar-refractivity contribution in [2.24, 2.45) is 0 Å². The first kappa shape index (κ1) is 16.6. The van der Waals surface area contributed by atoms with Crippen LogP contribution in [-0.2, 0) is 9.59 Å². The third kappa shape index (κ3) is 5.65. The average Bonchev–Trinajstić information content (AvgIpc) is 2.38. The van der Waals surface area contributed by atoms with Crippen molar-refractivity contribution < 1.29 is 14.7 Å². The molecule has 1 atom stereocenters. The Kier molecular flexibility index (Phi) is 6.58. The molecule has 110 valence electrons. The molecule has 0 bridgehead atoms. The summed E-state index contributed by atoms with van der Waals surface area (Å²) < 4.78 is 0. The van der Waals surface area contributed by atoms with Crippen LogP contribution >= 0.6 is 11.8 Å². The van der Waals surface area contributed by atoms with E-state index in [-0.39, 0.29) is 23.5 Å². The number of rotatable bonds is 7. The number of carboxylic acids is 1. The van der Waals surface area contributed by atoms with Gasteiger partial charge in [-0.05, 0) is 24.0 Å². The number of benzene rings is 1. The Morgan fingerprint density at radius 3 is 2.15 bits per heavy atom. The first-order valence-electron chi connectivity index (χ1n) is 6.59. The van der Waals surface area contributed by atoms with Crippen LogP contribution in [0.3, 0.4) is 0 Å². The van der Waals surface area contributed by atoms with Gasteiger partial charge in [-0.2, -0.15) is 0 Å². The van der Waals surface area contributed by atoms with Crippen molar-refractivity contribution in [1.82, 2.24) is 5.32 Å². The summed E-state index contributed by atoms with van der Waals surface area (Å²) in [6.07, 6.45) is 0. The number of hydrogen-bond donors (Lipinski definition) is 2. The molecule has 1 aromatic rings. The topological polar surface area (TPSA) is 66.4 Å². The summed E-state index contributed by atoms with van der Waals surface area (Å²) in [6.45, 7) is 6.20. The van der Waals surface area contributed by atoms with Gasteiger partial charge < -0.3 is 10.4 Å². The minimum Gasteiger partial charge on any atom is -0.481 e. The van der Waals surface area contributed by atoms with Gasteiger partial charge in [0.2, 0.25) is 5.91 Å². The van der Waals surface area contributed by atoms with E-state index in [1.807, 2.05) is 19.1 Å². The van der Waals surface area contributed by atoms with Crippen LogP contribution in [0, 0.1) is 0 Å². The molecule has 5 heteroatoms. The molecule has 0 aliphatic heterocycles. The number of nitrogens with one attached hydrogen (secondary N) is 1. The largest absolute Gasteiger partial charge is 0.481 e. The van der Waals surface area contributed by atoms with Crippen LogP contribution in [0.5, 0.6) is 0 Å². The molecule has 1 aromatic carbocycles. The lowest BCUT2D eigenvalue weighted by molar-refractivity contribution is -0.133. The highest BCUT2D eigenvalue weighted by molar-refractivity contribution is 8.00. The molecule has 0 saturated heterocycles. The molecule has 0 spiro atoms. The van der Waals surface area contributed by atoms with E-state index < -0.39 is 5.97 Å². The fourth-order valence-corrected chi connectivity index (χ4v) is 2.31. The standard InChI is InChI=1S/C15H21NO3S/c1-10(2)12-4-6-13(7-5-12)11(3)16-14(17)8-20-9-15(18)19/h4-7,10-11H,8-9H2,1-3H3,(H,16,17)(H,18,19). The zero-order valence-electron chi connectivity index (χ0n) is 12.1. The fraction of sp³-hybridized carbons (Fsp3) is 0.467.